The van der Waals surface area contributed by atoms with Crippen LogP contribution in [0.15, 0.2) is 69.3 Å². The predicted octanol–water partition coefficient (Wildman–Crippen LogP) is 4.62. The number of amides is 1. The van der Waals surface area contributed by atoms with E-state index in [1.807, 2.05) is 0 Å². The number of thiophene rings is 1. The van der Waals surface area contributed by atoms with E-state index in [-0.39, 0.29) is 15.5 Å². The zero-order valence-electron chi connectivity index (χ0n) is 14.1. The van der Waals surface area contributed by atoms with Crippen LogP contribution < -0.4 is 10.1 Å². The Morgan fingerprint density at radius 2 is 1.86 bits per heavy atom. The van der Waals surface area contributed by atoms with Gasteiger partial charge in [0.05, 0.1) is 22.5 Å². The van der Waals surface area contributed by atoms with Gasteiger partial charge in [0.2, 0.25) is 0 Å². The van der Waals surface area contributed by atoms with E-state index in [1.54, 1.807) is 41.8 Å². The normalized spacial score (nSPS) is 11.5. The van der Waals surface area contributed by atoms with Gasteiger partial charge in [-0.25, -0.2) is 13.8 Å². The highest BCUT2D eigenvalue weighted by Crippen LogP contribution is 2.23. The second kappa shape index (κ2) is 8.74. The second-order valence-corrected chi connectivity index (χ2v) is 9.15. The molecule has 0 spiro atoms. The first-order chi connectivity index (χ1) is 13.4. The minimum Gasteiger partial charge on any atom is -0.278 e. The van der Waals surface area contributed by atoms with Crippen molar-refractivity contribution >= 4 is 62.4 Å². The highest BCUT2D eigenvalue weighted by Gasteiger charge is 2.19. The first kappa shape index (κ1) is 20.3. The Labute approximate surface area is 175 Å². The molecular formula is C18H13Cl2N3O3S2. The fourth-order valence-electron chi connectivity index (χ4n) is 2.21. The van der Waals surface area contributed by atoms with Gasteiger partial charge in [0.15, 0.2) is 0 Å². The maximum Gasteiger partial charge on any atom is 0.273 e. The molecule has 0 saturated heterocycles. The lowest BCUT2D eigenvalue weighted by Gasteiger charge is -2.10. The van der Waals surface area contributed by atoms with Crippen molar-refractivity contribution in [1.82, 2.24) is 5.43 Å². The molecule has 0 aliphatic heterocycles. The quantitative estimate of drug-likeness (QED) is 0.421. The van der Waals surface area contributed by atoms with Gasteiger partial charge in [-0.2, -0.15) is 5.10 Å². The Kier molecular flexibility index (Phi) is 6.35. The zero-order valence-corrected chi connectivity index (χ0v) is 17.2. The Morgan fingerprint density at radius 1 is 1.07 bits per heavy atom. The number of benzene rings is 2. The highest BCUT2D eigenvalue weighted by molar-refractivity contribution is 7.94. The number of halogens is 2. The highest BCUT2D eigenvalue weighted by atomic mass is 35.5. The number of carbonyl (C=O) groups is 1. The van der Waals surface area contributed by atoms with E-state index in [0.717, 1.165) is 11.3 Å². The van der Waals surface area contributed by atoms with Crippen LogP contribution in [0.3, 0.4) is 0 Å². The van der Waals surface area contributed by atoms with Crippen molar-refractivity contribution in [3.8, 4) is 0 Å². The van der Waals surface area contributed by atoms with Crippen LogP contribution >= 0.6 is 34.5 Å². The molecule has 0 aliphatic carbocycles. The van der Waals surface area contributed by atoms with Crippen LogP contribution in [0.25, 0.3) is 0 Å². The molecule has 0 unspecified atom stereocenters. The standard InChI is InChI=1S/C18H13Cl2N3O3S2/c19-13-8-7-12(15(20)10-13)11-21-22-18(24)14-4-1-2-5-16(14)23-28(25,26)17-6-3-9-27-17/h1-11,23H,(H,22,24). The molecule has 0 fully saturated rings. The van der Waals surface area contributed by atoms with E-state index in [1.165, 1.54) is 24.4 Å². The monoisotopic (exact) mass is 453 g/mol. The average Bonchev–Trinajstić information content (AvgIpc) is 3.19. The van der Waals surface area contributed by atoms with Crippen LogP contribution in [0.1, 0.15) is 15.9 Å². The van der Waals surface area contributed by atoms with Crippen molar-refractivity contribution in [3.05, 3.63) is 81.1 Å². The zero-order chi connectivity index (χ0) is 20.1. The number of hydrogen-bond donors (Lipinski definition) is 2. The van der Waals surface area contributed by atoms with Gasteiger partial charge < -0.3 is 0 Å². The Hall–Kier alpha value is -2.39. The van der Waals surface area contributed by atoms with E-state index in [2.05, 4.69) is 15.2 Å². The van der Waals surface area contributed by atoms with E-state index in [9.17, 15) is 13.2 Å². The average molecular weight is 454 g/mol. The summed E-state index contributed by atoms with van der Waals surface area (Å²) >= 11 is 13.0. The van der Waals surface area contributed by atoms with E-state index < -0.39 is 15.9 Å². The van der Waals surface area contributed by atoms with Crippen LogP contribution in [0.4, 0.5) is 5.69 Å². The predicted molar refractivity (Wildman–Crippen MR) is 113 cm³/mol. The summed E-state index contributed by atoms with van der Waals surface area (Å²) in [4.78, 5) is 12.5. The molecule has 6 nitrogen and oxygen atoms in total. The number of rotatable bonds is 6. The van der Waals surface area contributed by atoms with Crippen LogP contribution in [-0.4, -0.2) is 20.5 Å². The fourth-order valence-corrected chi connectivity index (χ4v) is 4.74. The van der Waals surface area contributed by atoms with Gasteiger partial charge in [-0.1, -0.05) is 47.5 Å². The molecule has 2 N–H and O–H groups in total. The first-order valence-corrected chi connectivity index (χ1v) is 10.9. The van der Waals surface area contributed by atoms with Crippen LogP contribution in [-0.2, 0) is 10.0 Å². The van der Waals surface area contributed by atoms with Crippen molar-refractivity contribution in [2.75, 3.05) is 4.72 Å². The molecule has 10 heteroatoms. The maximum atomic E-state index is 12.5. The molecule has 1 amide bonds. The summed E-state index contributed by atoms with van der Waals surface area (Å²) in [6.07, 6.45) is 1.37. The molecule has 1 heterocycles. The van der Waals surface area contributed by atoms with Gasteiger partial charge in [-0.3, -0.25) is 9.52 Å². The summed E-state index contributed by atoms with van der Waals surface area (Å²) in [7, 11) is -3.78. The van der Waals surface area contributed by atoms with Crippen molar-refractivity contribution in [2.24, 2.45) is 5.10 Å². The third-order valence-electron chi connectivity index (χ3n) is 3.51. The Morgan fingerprint density at radius 3 is 2.57 bits per heavy atom. The molecule has 0 atom stereocenters. The fraction of sp³-hybridized carbons (Fsp3) is 0. The lowest BCUT2D eigenvalue weighted by atomic mass is 10.2. The van der Waals surface area contributed by atoms with E-state index >= 15 is 0 Å². The lowest BCUT2D eigenvalue weighted by molar-refractivity contribution is 0.0956. The molecular weight excluding hydrogens is 441 g/mol. The van der Waals surface area contributed by atoms with Crippen molar-refractivity contribution in [3.63, 3.8) is 0 Å². The number of carbonyl (C=O) groups excluding carboxylic acids is 1. The van der Waals surface area contributed by atoms with Crippen molar-refractivity contribution in [2.45, 2.75) is 4.21 Å². The van der Waals surface area contributed by atoms with Crippen LogP contribution in [0.2, 0.25) is 10.0 Å². The van der Waals surface area contributed by atoms with Crippen LogP contribution in [0, 0.1) is 0 Å². The molecule has 2 aromatic carbocycles. The third-order valence-corrected chi connectivity index (χ3v) is 6.83. The number of para-hydroxylation sites is 1. The summed E-state index contributed by atoms with van der Waals surface area (Å²) in [5.74, 6) is -0.578. The molecule has 28 heavy (non-hydrogen) atoms. The number of nitrogens with one attached hydrogen (secondary N) is 2. The largest absolute Gasteiger partial charge is 0.278 e. The number of nitrogens with zero attached hydrogens (tertiary/aromatic N) is 1. The summed E-state index contributed by atoms with van der Waals surface area (Å²) in [6.45, 7) is 0. The molecule has 3 rings (SSSR count). The van der Waals surface area contributed by atoms with Gasteiger partial charge in [-0.05, 0) is 35.7 Å². The van der Waals surface area contributed by atoms with Crippen molar-refractivity contribution < 1.29 is 13.2 Å². The number of hydrogen-bond acceptors (Lipinski definition) is 5. The summed E-state index contributed by atoms with van der Waals surface area (Å²) in [5, 5.41) is 6.39. The number of hydrazone groups is 1. The van der Waals surface area contributed by atoms with Gasteiger partial charge in [-0.15, -0.1) is 11.3 Å². The lowest BCUT2D eigenvalue weighted by Crippen LogP contribution is -2.21. The minimum absolute atomic E-state index is 0.127. The van der Waals surface area contributed by atoms with Gasteiger partial charge in [0.25, 0.3) is 15.9 Å². The van der Waals surface area contributed by atoms with Gasteiger partial charge >= 0.3 is 0 Å². The van der Waals surface area contributed by atoms with Crippen molar-refractivity contribution in [1.29, 1.82) is 0 Å². The number of sulfonamides is 1. The molecule has 144 valence electrons. The molecule has 1 aromatic heterocycles. The van der Waals surface area contributed by atoms with Gasteiger partial charge in [0, 0.05) is 10.6 Å². The van der Waals surface area contributed by atoms with E-state index in [4.69, 9.17) is 23.2 Å². The maximum absolute atomic E-state index is 12.5. The second-order valence-electron chi connectivity index (χ2n) is 5.45. The minimum atomic E-state index is -3.78. The molecule has 0 bridgehead atoms. The Balaban J connectivity index is 1.77. The van der Waals surface area contributed by atoms with Gasteiger partial charge in [0.1, 0.15) is 4.21 Å². The topological polar surface area (TPSA) is 87.6 Å². The molecule has 3 aromatic rings. The third kappa shape index (κ3) is 4.90. The SMILES string of the molecule is O=C(NN=Cc1ccc(Cl)cc1Cl)c1ccccc1NS(=O)(=O)c1cccs1. The van der Waals surface area contributed by atoms with Crippen LogP contribution in [0.5, 0.6) is 0 Å². The number of anilines is 1. The summed E-state index contributed by atoms with van der Waals surface area (Å²) < 4.78 is 27.4. The summed E-state index contributed by atoms with van der Waals surface area (Å²) in [6, 6.07) is 14.2. The first-order valence-electron chi connectivity index (χ1n) is 7.80. The molecule has 0 saturated carbocycles. The molecule has 0 aliphatic rings. The van der Waals surface area contributed by atoms with E-state index in [0.29, 0.717) is 15.6 Å². The molecule has 0 radical (unpaired) electrons. The smallest absolute Gasteiger partial charge is 0.273 e. The Bertz CT molecular complexity index is 1130. The summed E-state index contributed by atoms with van der Waals surface area (Å²) in [5.41, 5.74) is 3.20.